The lowest BCUT2D eigenvalue weighted by molar-refractivity contribution is -0.135. The first-order valence-corrected chi connectivity index (χ1v) is 12.3. The first-order chi connectivity index (χ1) is 14.3. The molecular formula is C23H39N3O3S. The first-order valence-electron chi connectivity index (χ1n) is 11.5. The molecule has 170 valence electrons. The summed E-state index contributed by atoms with van der Waals surface area (Å²) in [5.74, 6) is 0.105. The zero-order valence-corrected chi connectivity index (χ0v) is 20.0. The Bertz CT molecular complexity index is 725. The van der Waals surface area contributed by atoms with Gasteiger partial charge in [-0.1, -0.05) is 34.1 Å². The molecule has 0 radical (unpaired) electrons. The average molecular weight is 438 g/mol. The lowest BCUT2D eigenvalue weighted by Crippen LogP contribution is -2.53. The van der Waals surface area contributed by atoms with Crippen molar-refractivity contribution < 1.29 is 14.6 Å². The molecule has 3 N–H and O–H groups in total. The SMILES string of the molecule is CCCCNc1nc2c(s1)C[C@@]1(C)CC[C@H]([C@H](C)C(=O)NCCOC)[C@H](O)[C@H]1[C@@H]2C. The van der Waals surface area contributed by atoms with E-state index in [2.05, 4.69) is 31.4 Å². The molecule has 0 saturated heterocycles. The first kappa shape index (κ1) is 23.5. The number of rotatable bonds is 9. The number of unbranched alkanes of at least 4 members (excludes halogenated alkanes) is 1. The number of amides is 1. The zero-order valence-electron chi connectivity index (χ0n) is 19.2. The quantitative estimate of drug-likeness (QED) is 0.512. The van der Waals surface area contributed by atoms with Crippen LogP contribution in [0.3, 0.4) is 0 Å². The Morgan fingerprint density at radius 1 is 1.43 bits per heavy atom. The summed E-state index contributed by atoms with van der Waals surface area (Å²) in [4.78, 5) is 18.9. The number of hydrogen-bond acceptors (Lipinski definition) is 6. The summed E-state index contributed by atoms with van der Waals surface area (Å²) in [7, 11) is 1.63. The zero-order chi connectivity index (χ0) is 21.9. The van der Waals surface area contributed by atoms with E-state index in [4.69, 9.17) is 9.72 Å². The Morgan fingerprint density at radius 2 is 2.20 bits per heavy atom. The van der Waals surface area contributed by atoms with Crippen molar-refractivity contribution in [2.24, 2.45) is 23.2 Å². The molecule has 0 aromatic carbocycles. The topological polar surface area (TPSA) is 83.5 Å². The van der Waals surface area contributed by atoms with Gasteiger partial charge in [0, 0.05) is 36.9 Å². The molecule has 1 aromatic rings. The standard InChI is InChI=1S/C23H39N3O3S/c1-6-7-10-25-22-26-19-15(3)18-20(27)16(14(2)21(28)24-11-12-29-5)8-9-23(18,4)13-17(19)30-22/h14-16,18,20,27H,6-13H2,1-5H3,(H,24,28)(H,25,26)/t14-,15-,16+,18+,20-,23+/m0/s1. The Balaban J connectivity index is 1.74. The molecule has 30 heavy (non-hydrogen) atoms. The minimum atomic E-state index is -0.492. The highest BCUT2D eigenvalue weighted by Crippen LogP contribution is 2.57. The van der Waals surface area contributed by atoms with Gasteiger partial charge in [-0.25, -0.2) is 4.98 Å². The number of fused-ring (bicyclic) bond motifs is 2. The lowest BCUT2D eigenvalue weighted by atomic mass is 9.53. The summed E-state index contributed by atoms with van der Waals surface area (Å²) in [6.45, 7) is 10.7. The third kappa shape index (κ3) is 4.68. The van der Waals surface area contributed by atoms with Crippen LogP contribution in [0, 0.1) is 23.2 Å². The lowest BCUT2D eigenvalue weighted by Gasteiger charge is -2.53. The van der Waals surface area contributed by atoms with E-state index in [1.54, 1.807) is 18.4 Å². The molecule has 2 aliphatic carbocycles. The average Bonchev–Trinajstić information content (AvgIpc) is 3.10. The largest absolute Gasteiger partial charge is 0.392 e. The van der Waals surface area contributed by atoms with Crippen LogP contribution in [-0.4, -0.2) is 48.9 Å². The van der Waals surface area contributed by atoms with E-state index in [9.17, 15) is 9.90 Å². The van der Waals surface area contributed by atoms with Crippen molar-refractivity contribution >= 4 is 22.4 Å². The molecule has 0 aliphatic heterocycles. The summed E-state index contributed by atoms with van der Waals surface area (Å²) in [6.07, 6.45) is 4.71. The van der Waals surface area contributed by atoms with Crippen LogP contribution in [0.15, 0.2) is 0 Å². The molecule has 1 aromatic heterocycles. The number of nitrogens with zero attached hydrogens (tertiary/aromatic N) is 1. The number of nitrogens with one attached hydrogen (secondary N) is 2. The maximum Gasteiger partial charge on any atom is 0.223 e. The van der Waals surface area contributed by atoms with Gasteiger partial charge < -0.3 is 20.5 Å². The van der Waals surface area contributed by atoms with Gasteiger partial charge in [0.2, 0.25) is 5.91 Å². The van der Waals surface area contributed by atoms with E-state index in [0.29, 0.717) is 13.2 Å². The fourth-order valence-electron chi connectivity index (χ4n) is 5.63. The van der Waals surface area contributed by atoms with E-state index in [0.717, 1.165) is 43.1 Å². The van der Waals surface area contributed by atoms with Gasteiger partial charge in [0.25, 0.3) is 0 Å². The van der Waals surface area contributed by atoms with Crippen molar-refractivity contribution in [3.63, 3.8) is 0 Å². The minimum absolute atomic E-state index is 0.0138. The monoisotopic (exact) mass is 437 g/mol. The number of carbonyl (C=O) groups is 1. The summed E-state index contributed by atoms with van der Waals surface area (Å²) in [5, 5.41) is 18.9. The predicted molar refractivity (Wildman–Crippen MR) is 122 cm³/mol. The molecule has 1 fully saturated rings. The third-order valence-electron chi connectivity index (χ3n) is 7.39. The number of carbonyl (C=O) groups excluding carboxylic acids is 1. The van der Waals surface area contributed by atoms with E-state index in [1.165, 1.54) is 11.3 Å². The Labute approximate surface area is 185 Å². The Kier molecular flexibility index (Phi) is 7.80. The number of aromatic nitrogens is 1. The summed E-state index contributed by atoms with van der Waals surface area (Å²) in [5.41, 5.74) is 1.21. The van der Waals surface area contributed by atoms with Gasteiger partial charge in [0.1, 0.15) is 0 Å². The van der Waals surface area contributed by atoms with Crippen molar-refractivity contribution in [1.29, 1.82) is 0 Å². The maximum atomic E-state index is 12.6. The number of hydrogen-bond donors (Lipinski definition) is 3. The normalized spacial score (nSPS) is 31.5. The second kappa shape index (κ2) is 9.96. The molecule has 6 atom stereocenters. The molecule has 0 unspecified atom stereocenters. The van der Waals surface area contributed by atoms with E-state index < -0.39 is 6.10 Å². The Hall–Kier alpha value is -1.18. The minimum Gasteiger partial charge on any atom is -0.392 e. The third-order valence-corrected chi connectivity index (χ3v) is 8.42. The van der Waals surface area contributed by atoms with Gasteiger partial charge in [-0.15, -0.1) is 11.3 Å². The van der Waals surface area contributed by atoms with Crippen LogP contribution >= 0.6 is 11.3 Å². The van der Waals surface area contributed by atoms with Gasteiger partial charge in [-0.05, 0) is 42.9 Å². The van der Waals surface area contributed by atoms with Crippen LogP contribution in [-0.2, 0) is 16.0 Å². The van der Waals surface area contributed by atoms with Gasteiger partial charge in [0.15, 0.2) is 5.13 Å². The second-order valence-electron chi connectivity index (χ2n) is 9.52. The van der Waals surface area contributed by atoms with E-state index in [1.807, 2.05) is 6.92 Å². The van der Waals surface area contributed by atoms with Crippen molar-refractivity contribution in [2.45, 2.75) is 71.8 Å². The van der Waals surface area contributed by atoms with E-state index >= 15 is 0 Å². The van der Waals surface area contributed by atoms with Crippen LogP contribution in [0.1, 0.15) is 69.9 Å². The summed E-state index contributed by atoms with van der Waals surface area (Å²) < 4.78 is 5.03. The van der Waals surface area contributed by atoms with Crippen molar-refractivity contribution in [1.82, 2.24) is 10.3 Å². The van der Waals surface area contributed by atoms with Crippen LogP contribution in [0.5, 0.6) is 0 Å². The van der Waals surface area contributed by atoms with Crippen molar-refractivity contribution in [2.75, 3.05) is 32.1 Å². The number of aliphatic hydroxyl groups is 1. The number of methoxy groups -OCH3 is 1. The van der Waals surface area contributed by atoms with Crippen LogP contribution in [0.4, 0.5) is 5.13 Å². The molecule has 3 rings (SSSR count). The van der Waals surface area contributed by atoms with E-state index in [-0.39, 0.29) is 35.0 Å². The predicted octanol–water partition coefficient (Wildman–Crippen LogP) is 3.81. The van der Waals surface area contributed by atoms with Gasteiger partial charge in [-0.2, -0.15) is 0 Å². The Morgan fingerprint density at radius 3 is 2.90 bits per heavy atom. The van der Waals surface area contributed by atoms with Crippen LogP contribution < -0.4 is 10.6 Å². The molecule has 1 heterocycles. The molecule has 6 nitrogen and oxygen atoms in total. The van der Waals surface area contributed by atoms with Crippen molar-refractivity contribution in [3.8, 4) is 0 Å². The molecule has 0 bridgehead atoms. The number of ether oxygens (including phenoxy) is 1. The molecule has 7 heteroatoms. The molecule has 2 aliphatic rings. The number of thiazole rings is 1. The second-order valence-corrected chi connectivity index (χ2v) is 10.6. The smallest absolute Gasteiger partial charge is 0.223 e. The number of anilines is 1. The maximum absolute atomic E-state index is 12.6. The highest BCUT2D eigenvalue weighted by atomic mass is 32.1. The van der Waals surface area contributed by atoms with Crippen molar-refractivity contribution in [3.05, 3.63) is 10.6 Å². The summed E-state index contributed by atoms with van der Waals surface area (Å²) in [6, 6.07) is 0. The molecule has 1 saturated carbocycles. The van der Waals surface area contributed by atoms with Crippen LogP contribution in [0.25, 0.3) is 0 Å². The fourth-order valence-corrected chi connectivity index (χ4v) is 6.92. The number of aliphatic hydroxyl groups excluding tert-OH is 1. The van der Waals surface area contributed by atoms with Gasteiger partial charge >= 0.3 is 0 Å². The fraction of sp³-hybridized carbons (Fsp3) is 0.826. The van der Waals surface area contributed by atoms with Gasteiger partial charge in [0.05, 0.1) is 18.4 Å². The highest BCUT2D eigenvalue weighted by Gasteiger charge is 2.53. The van der Waals surface area contributed by atoms with Gasteiger partial charge in [-0.3, -0.25) is 4.79 Å². The summed E-state index contributed by atoms with van der Waals surface area (Å²) >= 11 is 1.79. The highest BCUT2D eigenvalue weighted by molar-refractivity contribution is 7.15. The van der Waals surface area contributed by atoms with Crippen LogP contribution in [0.2, 0.25) is 0 Å². The molecular weight excluding hydrogens is 398 g/mol. The molecule has 1 amide bonds. The molecule has 0 spiro atoms.